The Balaban J connectivity index is 1.52. The van der Waals surface area contributed by atoms with E-state index < -0.39 is 41.8 Å². The number of ether oxygens (including phenoxy) is 4. The zero-order valence-corrected chi connectivity index (χ0v) is 21.8. The van der Waals surface area contributed by atoms with Gasteiger partial charge in [0.05, 0.1) is 16.7 Å². The third kappa shape index (κ3) is 6.94. The molecule has 0 spiro atoms. The van der Waals surface area contributed by atoms with Crippen LogP contribution in [0.15, 0.2) is 72.8 Å². The third-order valence-corrected chi connectivity index (χ3v) is 6.47. The zero-order valence-electron chi connectivity index (χ0n) is 18.8. The molecule has 0 bridgehead atoms. The largest absolute Gasteiger partial charge is 0.459 e. The maximum absolute atomic E-state index is 12.9. The molecule has 7 nitrogen and oxygen atoms in total. The van der Waals surface area contributed by atoms with Gasteiger partial charge in [-0.3, -0.25) is 0 Å². The number of halogens is 4. The lowest BCUT2D eigenvalue weighted by atomic mass is 10.1. The molecule has 4 rings (SSSR count). The van der Waals surface area contributed by atoms with E-state index in [0.717, 1.165) is 0 Å². The molecule has 0 N–H and O–H groups in total. The summed E-state index contributed by atoms with van der Waals surface area (Å²) >= 11 is 24.0. The van der Waals surface area contributed by atoms with E-state index in [1.807, 2.05) is 0 Å². The number of carbonyl (C=O) groups is 3. The van der Waals surface area contributed by atoms with Gasteiger partial charge in [0.2, 0.25) is 0 Å². The number of hydrogen-bond donors (Lipinski definition) is 0. The molecule has 0 radical (unpaired) electrons. The first-order valence-electron chi connectivity index (χ1n) is 10.9. The molecule has 1 aliphatic heterocycles. The van der Waals surface area contributed by atoms with Gasteiger partial charge in [-0.1, -0.05) is 46.4 Å². The molecule has 0 aromatic heterocycles. The Bertz CT molecular complexity index is 1260. The van der Waals surface area contributed by atoms with Crippen molar-refractivity contribution >= 4 is 64.3 Å². The van der Waals surface area contributed by atoms with Crippen LogP contribution in [0.5, 0.6) is 0 Å². The summed E-state index contributed by atoms with van der Waals surface area (Å²) in [6, 6.07) is 18.1. The predicted octanol–water partition coefficient (Wildman–Crippen LogP) is 6.22. The standard InChI is InChI=1S/C26H18Cl4O7/c27-17-7-1-14(2-8-17)24(31)34-13-20-21(36-25(32)15-3-9-18(28)10-4-15)22(23(30)35-20)37-26(33)16-5-11-19(29)12-6-16/h1-12,20-23H,13H2. The van der Waals surface area contributed by atoms with Gasteiger partial charge in [-0.15, -0.1) is 0 Å². The lowest BCUT2D eigenvalue weighted by molar-refractivity contribution is -0.0435. The van der Waals surface area contributed by atoms with Crippen molar-refractivity contribution in [3.05, 3.63) is 105 Å². The minimum Gasteiger partial charge on any atom is -0.459 e. The van der Waals surface area contributed by atoms with Crippen molar-refractivity contribution in [2.45, 2.75) is 23.9 Å². The number of carbonyl (C=O) groups excluding carboxylic acids is 3. The summed E-state index contributed by atoms with van der Waals surface area (Å²) in [6.45, 7) is -0.335. The maximum Gasteiger partial charge on any atom is 0.338 e. The highest BCUT2D eigenvalue weighted by Gasteiger charge is 2.49. The molecule has 0 amide bonds. The number of rotatable bonds is 7. The van der Waals surface area contributed by atoms with Crippen molar-refractivity contribution in [1.29, 1.82) is 0 Å². The van der Waals surface area contributed by atoms with E-state index in [4.69, 9.17) is 65.4 Å². The van der Waals surface area contributed by atoms with Gasteiger partial charge in [0.25, 0.3) is 0 Å². The number of benzene rings is 3. The van der Waals surface area contributed by atoms with Crippen LogP contribution in [0.1, 0.15) is 31.1 Å². The minimum absolute atomic E-state index is 0.196. The SMILES string of the molecule is O=C(OCC1OC(Cl)C(OC(=O)c2ccc(Cl)cc2)C1OC(=O)c1ccc(Cl)cc1)c1ccc(Cl)cc1. The monoisotopic (exact) mass is 582 g/mol. The summed E-state index contributed by atoms with van der Waals surface area (Å²) in [6.07, 6.45) is -3.43. The van der Waals surface area contributed by atoms with E-state index in [1.165, 1.54) is 60.7 Å². The third-order valence-electron chi connectivity index (χ3n) is 5.36. The molecule has 4 unspecified atom stereocenters. The van der Waals surface area contributed by atoms with Crippen LogP contribution in [0.2, 0.25) is 15.1 Å². The second kappa shape index (κ2) is 12.2. The molecule has 3 aromatic rings. The molecular weight excluding hydrogens is 566 g/mol. The van der Waals surface area contributed by atoms with E-state index in [-0.39, 0.29) is 23.3 Å². The van der Waals surface area contributed by atoms with Crippen LogP contribution >= 0.6 is 46.4 Å². The summed E-state index contributed by atoms with van der Waals surface area (Å²) in [5.41, 5.74) is -0.542. The fourth-order valence-corrected chi connectivity index (χ4v) is 4.17. The summed E-state index contributed by atoms with van der Waals surface area (Å²) in [5, 5.41) is 1.33. The van der Waals surface area contributed by atoms with E-state index in [2.05, 4.69) is 0 Å². The van der Waals surface area contributed by atoms with E-state index >= 15 is 0 Å². The maximum atomic E-state index is 12.9. The smallest absolute Gasteiger partial charge is 0.338 e. The number of alkyl halides is 1. The Hall–Kier alpha value is -2.81. The first kappa shape index (κ1) is 27.2. The molecule has 37 heavy (non-hydrogen) atoms. The van der Waals surface area contributed by atoms with Crippen LogP contribution < -0.4 is 0 Å². The minimum atomic E-state index is -1.21. The van der Waals surface area contributed by atoms with E-state index in [9.17, 15) is 14.4 Å². The van der Waals surface area contributed by atoms with Crippen molar-refractivity contribution in [2.75, 3.05) is 6.61 Å². The predicted molar refractivity (Wildman–Crippen MR) is 138 cm³/mol. The summed E-state index contributed by atoms with van der Waals surface area (Å²) in [4.78, 5) is 38.1. The summed E-state index contributed by atoms with van der Waals surface area (Å²) in [5.74, 6) is -2.13. The lowest BCUT2D eigenvalue weighted by Crippen LogP contribution is -2.41. The van der Waals surface area contributed by atoms with E-state index in [1.54, 1.807) is 12.1 Å². The Kier molecular flexibility index (Phi) is 8.95. The van der Waals surface area contributed by atoms with Crippen molar-refractivity contribution in [2.24, 2.45) is 0 Å². The van der Waals surface area contributed by atoms with Crippen LogP contribution in [0.3, 0.4) is 0 Å². The Morgan fingerprint density at radius 2 is 1.00 bits per heavy atom. The van der Waals surface area contributed by atoms with Gasteiger partial charge in [-0.05, 0) is 72.8 Å². The van der Waals surface area contributed by atoms with Gasteiger partial charge < -0.3 is 18.9 Å². The summed E-state index contributed by atoms with van der Waals surface area (Å²) in [7, 11) is 0. The molecule has 0 aliphatic carbocycles. The average molecular weight is 584 g/mol. The van der Waals surface area contributed by atoms with E-state index in [0.29, 0.717) is 15.1 Å². The molecule has 4 atom stereocenters. The fraction of sp³-hybridized carbons (Fsp3) is 0.192. The van der Waals surface area contributed by atoms with Crippen LogP contribution in [0, 0.1) is 0 Å². The van der Waals surface area contributed by atoms with Gasteiger partial charge in [-0.25, -0.2) is 14.4 Å². The second-order valence-electron chi connectivity index (χ2n) is 7.88. The number of hydrogen-bond acceptors (Lipinski definition) is 7. The van der Waals surface area contributed by atoms with Crippen molar-refractivity contribution in [3.63, 3.8) is 0 Å². The first-order chi connectivity index (χ1) is 17.7. The highest BCUT2D eigenvalue weighted by Crippen LogP contribution is 2.31. The molecule has 0 saturated carbocycles. The van der Waals surface area contributed by atoms with Gasteiger partial charge in [0, 0.05) is 15.1 Å². The molecule has 11 heteroatoms. The topological polar surface area (TPSA) is 88.1 Å². The quantitative estimate of drug-likeness (QED) is 0.185. The first-order valence-corrected chi connectivity index (χ1v) is 12.4. The fourth-order valence-electron chi connectivity index (χ4n) is 3.46. The van der Waals surface area contributed by atoms with Crippen LogP contribution in [0.4, 0.5) is 0 Å². The Labute approximate surface area is 232 Å². The van der Waals surface area contributed by atoms with Crippen molar-refractivity contribution in [3.8, 4) is 0 Å². The number of esters is 3. The molecule has 192 valence electrons. The highest BCUT2D eigenvalue weighted by molar-refractivity contribution is 6.31. The molecule has 1 fully saturated rings. The average Bonchev–Trinajstić information content (AvgIpc) is 3.17. The second-order valence-corrected chi connectivity index (χ2v) is 9.62. The summed E-state index contributed by atoms with van der Waals surface area (Å²) < 4.78 is 22.2. The Morgan fingerprint density at radius 1 is 0.622 bits per heavy atom. The van der Waals surface area contributed by atoms with Crippen LogP contribution in [0.25, 0.3) is 0 Å². The van der Waals surface area contributed by atoms with Gasteiger partial charge in [0.15, 0.2) is 17.8 Å². The van der Waals surface area contributed by atoms with Gasteiger partial charge in [-0.2, -0.15) is 0 Å². The molecule has 3 aromatic carbocycles. The van der Waals surface area contributed by atoms with Crippen LogP contribution in [-0.4, -0.2) is 48.4 Å². The zero-order chi connectivity index (χ0) is 26.5. The molecule has 1 heterocycles. The van der Waals surface area contributed by atoms with Crippen LogP contribution in [-0.2, 0) is 18.9 Å². The van der Waals surface area contributed by atoms with Crippen molar-refractivity contribution < 1.29 is 33.3 Å². The van der Waals surface area contributed by atoms with Gasteiger partial charge in [0.1, 0.15) is 12.7 Å². The normalized spacial score (nSPS) is 20.8. The molecular formula is C26H18Cl4O7. The van der Waals surface area contributed by atoms with Crippen molar-refractivity contribution in [1.82, 2.24) is 0 Å². The molecule has 1 saturated heterocycles. The highest BCUT2D eigenvalue weighted by atomic mass is 35.5. The Morgan fingerprint density at radius 3 is 1.43 bits per heavy atom. The van der Waals surface area contributed by atoms with Gasteiger partial charge >= 0.3 is 17.9 Å². The lowest BCUT2D eigenvalue weighted by Gasteiger charge is -2.23. The molecule has 1 aliphatic rings.